The van der Waals surface area contributed by atoms with E-state index < -0.39 is 43.1 Å². The molecule has 26 heavy (non-hydrogen) atoms. The number of hydrogen-bond acceptors (Lipinski definition) is 2. The predicted molar refractivity (Wildman–Crippen MR) is 87.6 cm³/mol. The number of rotatable bonds is 4. The van der Waals surface area contributed by atoms with Crippen molar-refractivity contribution in [3.63, 3.8) is 0 Å². The molecule has 0 saturated carbocycles. The molecule has 0 aliphatic carbocycles. The molecule has 1 aromatic carbocycles. The molecule has 3 N–H and O–H groups in total. The average molecular weight is 369 g/mol. The molecule has 9 heteroatoms. The number of hydrogen-bond donors (Lipinski definition) is 3. The fourth-order valence-electron chi connectivity index (χ4n) is 3.31. The number of nitrogens with one attached hydrogen (secondary N) is 2. The van der Waals surface area contributed by atoms with Crippen LogP contribution >= 0.6 is 0 Å². The van der Waals surface area contributed by atoms with Gasteiger partial charge in [-0.1, -0.05) is 18.2 Å². The molecule has 1 aliphatic rings. The molecule has 1 fully saturated rings. The Morgan fingerprint density at radius 3 is 2.65 bits per heavy atom. The minimum atomic E-state index is -4.65. The largest absolute Gasteiger partial charge is 0.481 e. The van der Waals surface area contributed by atoms with Crippen LogP contribution in [0.5, 0.6) is 0 Å². The molecule has 2 amide bonds. The lowest BCUT2D eigenvalue weighted by molar-refractivity contribution is -0.187. The van der Waals surface area contributed by atoms with Crippen LogP contribution in [0.2, 0.25) is 0 Å². The fraction of sp³-hybridized carbons (Fsp3) is 0.412. The minimum Gasteiger partial charge on any atom is -0.481 e. The Morgan fingerprint density at radius 1 is 1.27 bits per heavy atom. The molecule has 6 nitrogen and oxygen atoms in total. The summed E-state index contributed by atoms with van der Waals surface area (Å²) in [4.78, 5) is 27.2. The number of amides is 2. The highest BCUT2D eigenvalue weighted by Gasteiger charge is 2.53. The van der Waals surface area contributed by atoms with Gasteiger partial charge >= 0.3 is 18.2 Å². The van der Waals surface area contributed by atoms with Crippen molar-refractivity contribution < 1.29 is 27.9 Å². The maximum atomic E-state index is 13.0. The number of H-pyrrole nitrogens is 1. The van der Waals surface area contributed by atoms with Crippen LogP contribution in [0.4, 0.5) is 18.0 Å². The summed E-state index contributed by atoms with van der Waals surface area (Å²) in [6.45, 7) is -0.844. The van der Waals surface area contributed by atoms with E-state index in [1.54, 1.807) is 0 Å². The lowest BCUT2D eigenvalue weighted by atomic mass is 9.96. The molecule has 3 rings (SSSR count). The van der Waals surface area contributed by atoms with Gasteiger partial charge in [-0.05, 0) is 18.1 Å². The lowest BCUT2D eigenvalue weighted by Crippen LogP contribution is -2.40. The first-order chi connectivity index (χ1) is 12.3. The van der Waals surface area contributed by atoms with Gasteiger partial charge < -0.3 is 20.3 Å². The zero-order valence-electron chi connectivity index (χ0n) is 13.7. The summed E-state index contributed by atoms with van der Waals surface area (Å²) in [7, 11) is 0. The molecule has 0 spiro atoms. The van der Waals surface area contributed by atoms with E-state index in [0.29, 0.717) is 6.42 Å². The first kappa shape index (κ1) is 18.1. The Bertz CT molecular complexity index is 818. The minimum absolute atomic E-state index is 0.242. The second-order valence-corrected chi connectivity index (χ2v) is 6.34. The maximum Gasteiger partial charge on any atom is 0.394 e. The third-order valence-electron chi connectivity index (χ3n) is 4.69. The number of carboxylic acid groups (broad SMARTS) is 1. The van der Waals surface area contributed by atoms with Gasteiger partial charge in [0.15, 0.2) is 0 Å². The Kier molecular flexibility index (Phi) is 4.80. The van der Waals surface area contributed by atoms with E-state index in [-0.39, 0.29) is 6.54 Å². The van der Waals surface area contributed by atoms with E-state index in [2.05, 4.69) is 10.3 Å². The Balaban J connectivity index is 1.57. The Labute approximate surface area is 147 Å². The number of aromatic nitrogens is 1. The number of carbonyl (C=O) groups is 2. The van der Waals surface area contributed by atoms with E-state index in [1.165, 1.54) is 0 Å². The number of para-hydroxylation sites is 1. The van der Waals surface area contributed by atoms with Gasteiger partial charge in [-0.25, -0.2) is 4.79 Å². The summed E-state index contributed by atoms with van der Waals surface area (Å²) in [6, 6.07) is 6.97. The molecule has 2 aromatic rings. The molecule has 140 valence electrons. The number of alkyl halides is 3. The van der Waals surface area contributed by atoms with Gasteiger partial charge in [-0.3, -0.25) is 4.79 Å². The number of likely N-dealkylation sites (tertiary alicyclic amines) is 1. The van der Waals surface area contributed by atoms with Crippen molar-refractivity contribution in [2.75, 3.05) is 19.6 Å². The predicted octanol–water partition coefficient (Wildman–Crippen LogP) is 2.61. The second-order valence-electron chi connectivity index (χ2n) is 6.34. The molecule has 1 aliphatic heterocycles. The quantitative estimate of drug-likeness (QED) is 0.774. The number of urea groups is 1. The van der Waals surface area contributed by atoms with Crippen LogP contribution in [0.15, 0.2) is 30.5 Å². The number of halogens is 3. The molecular weight excluding hydrogens is 351 g/mol. The third-order valence-corrected chi connectivity index (χ3v) is 4.69. The maximum absolute atomic E-state index is 13.0. The SMILES string of the molecule is O=C(O)[C@@H]1CN(C(=O)NCCc2c[nH]c3ccccc23)C[C@H]1C(F)(F)F. The third kappa shape index (κ3) is 3.61. The zero-order chi connectivity index (χ0) is 18.9. The van der Waals surface area contributed by atoms with Gasteiger partial charge in [-0.2, -0.15) is 13.2 Å². The van der Waals surface area contributed by atoms with Gasteiger partial charge in [0.2, 0.25) is 0 Å². The topological polar surface area (TPSA) is 85.4 Å². The van der Waals surface area contributed by atoms with E-state index in [9.17, 15) is 22.8 Å². The van der Waals surface area contributed by atoms with Crippen LogP contribution in [-0.2, 0) is 11.2 Å². The first-order valence-corrected chi connectivity index (χ1v) is 8.14. The number of nitrogens with zero attached hydrogens (tertiary/aromatic N) is 1. The number of carboxylic acids is 1. The van der Waals surface area contributed by atoms with Crippen molar-refractivity contribution in [2.24, 2.45) is 11.8 Å². The average Bonchev–Trinajstić information content (AvgIpc) is 3.19. The smallest absolute Gasteiger partial charge is 0.394 e. The summed E-state index contributed by atoms with van der Waals surface area (Å²) >= 11 is 0. The van der Waals surface area contributed by atoms with E-state index >= 15 is 0 Å². The molecule has 2 heterocycles. The highest BCUT2D eigenvalue weighted by atomic mass is 19.4. The van der Waals surface area contributed by atoms with Crippen LogP contribution in [0.3, 0.4) is 0 Å². The van der Waals surface area contributed by atoms with Crippen LogP contribution in [0.1, 0.15) is 5.56 Å². The lowest BCUT2D eigenvalue weighted by Gasteiger charge is -2.18. The summed E-state index contributed by atoms with van der Waals surface area (Å²) in [5.74, 6) is -5.21. The molecule has 2 atom stereocenters. The van der Waals surface area contributed by atoms with Gasteiger partial charge in [0.25, 0.3) is 0 Å². The van der Waals surface area contributed by atoms with Gasteiger partial charge in [0.05, 0.1) is 11.8 Å². The van der Waals surface area contributed by atoms with Crippen molar-refractivity contribution in [3.05, 3.63) is 36.0 Å². The van der Waals surface area contributed by atoms with Crippen molar-refractivity contribution in [1.29, 1.82) is 0 Å². The number of benzene rings is 1. The number of fused-ring (bicyclic) bond motifs is 1. The van der Waals surface area contributed by atoms with Crippen molar-refractivity contribution >= 4 is 22.9 Å². The molecule has 0 bridgehead atoms. The fourth-order valence-corrected chi connectivity index (χ4v) is 3.31. The molecule has 1 saturated heterocycles. The highest BCUT2D eigenvalue weighted by Crippen LogP contribution is 2.37. The Hall–Kier alpha value is -2.71. The van der Waals surface area contributed by atoms with E-state index in [1.807, 2.05) is 30.5 Å². The highest BCUT2D eigenvalue weighted by molar-refractivity contribution is 5.83. The standard InChI is InChI=1S/C17H18F3N3O3/c18-17(19,20)13-9-23(8-12(13)15(24)25)16(26)21-6-5-10-7-22-14-4-2-1-3-11(10)14/h1-4,7,12-13,22H,5-6,8-9H2,(H,21,26)(H,24,25)/t12-,13-/m1/s1. The van der Waals surface area contributed by atoms with Crippen LogP contribution in [0, 0.1) is 11.8 Å². The number of aromatic amines is 1. The summed E-state index contributed by atoms with van der Waals surface area (Å²) in [5.41, 5.74) is 1.95. The van der Waals surface area contributed by atoms with Gasteiger partial charge in [0, 0.05) is 36.7 Å². The normalized spacial score (nSPS) is 20.5. The first-order valence-electron chi connectivity index (χ1n) is 8.14. The van der Waals surface area contributed by atoms with E-state index in [0.717, 1.165) is 21.4 Å². The summed E-state index contributed by atoms with van der Waals surface area (Å²) < 4.78 is 38.9. The van der Waals surface area contributed by atoms with Crippen molar-refractivity contribution in [1.82, 2.24) is 15.2 Å². The Morgan fingerprint density at radius 2 is 2.00 bits per heavy atom. The zero-order valence-corrected chi connectivity index (χ0v) is 13.7. The van der Waals surface area contributed by atoms with Crippen LogP contribution in [0.25, 0.3) is 10.9 Å². The molecule has 0 unspecified atom stereocenters. The van der Waals surface area contributed by atoms with E-state index in [4.69, 9.17) is 5.11 Å². The summed E-state index contributed by atoms with van der Waals surface area (Å²) in [5, 5.41) is 12.6. The molecular formula is C17H18F3N3O3. The van der Waals surface area contributed by atoms with Crippen molar-refractivity contribution in [3.8, 4) is 0 Å². The second kappa shape index (κ2) is 6.89. The summed E-state index contributed by atoms with van der Waals surface area (Å²) in [6.07, 6.45) is -2.32. The van der Waals surface area contributed by atoms with Crippen molar-refractivity contribution in [2.45, 2.75) is 12.6 Å². The monoisotopic (exact) mass is 369 g/mol. The van der Waals surface area contributed by atoms with Crippen LogP contribution in [-0.4, -0.2) is 52.8 Å². The number of carbonyl (C=O) groups excluding carboxylic acids is 1. The molecule has 0 radical (unpaired) electrons. The number of aliphatic carboxylic acids is 1. The van der Waals surface area contributed by atoms with Gasteiger partial charge in [-0.15, -0.1) is 0 Å². The molecule has 1 aromatic heterocycles. The van der Waals surface area contributed by atoms with Crippen LogP contribution < -0.4 is 5.32 Å². The van der Waals surface area contributed by atoms with Gasteiger partial charge in [0.1, 0.15) is 0 Å².